The Labute approximate surface area is 170 Å². The quantitative estimate of drug-likeness (QED) is 0.298. The number of benzene rings is 2. The molecule has 0 saturated heterocycles. The first-order valence-corrected chi connectivity index (χ1v) is 9.59. The molecule has 0 radical (unpaired) electrons. The number of non-ortho nitro benzene ring substituents is 1. The van der Waals surface area contributed by atoms with Gasteiger partial charge in [0.05, 0.1) is 21.7 Å². The van der Waals surface area contributed by atoms with Gasteiger partial charge in [0.15, 0.2) is 0 Å². The van der Waals surface area contributed by atoms with Gasteiger partial charge in [0.25, 0.3) is 11.6 Å². The fourth-order valence-electron chi connectivity index (χ4n) is 3.02. The Hall–Kier alpha value is -3.78. The highest BCUT2D eigenvalue weighted by molar-refractivity contribution is 7.20. The molecule has 29 heavy (non-hydrogen) atoms. The van der Waals surface area contributed by atoms with Crippen LogP contribution in [0.2, 0.25) is 0 Å². The van der Waals surface area contributed by atoms with Crippen LogP contribution in [0.3, 0.4) is 0 Å². The monoisotopic (exact) mass is 404 g/mol. The fraction of sp³-hybridized carbons (Fsp3) is 0.0476. The third-order valence-corrected chi connectivity index (χ3v) is 5.57. The third kappa shape index (κ3) is 3.78. The summed E-state index contributed by atoms with van der Waals surface area (Å²) in [6.45, 7) is 2.03. The van der Waals surface area contributed by atoms with Crippen LogP contribution in [0.15, 0.2) is 72.0 Å². The number of nitrogens with one attached hydrogen (secondary N) is 1. The summed E-state index contributed by atoms with van der Waals surface area (Å²) in [5.41, 5.74) is 5.51. The molecule has 0 aliphatic carbocycles. The zero-order valence-electron chi connectivity index (χ0n) is 15.4. The molecule has 0 unspecified atom stereocenters. The van der Waals surface area contributed by atoms with Crippen LogP contribution in [0, 0.1) is 17.0 Å². The lowest BCUT2D eigenvalue weighted by Crippen LogP contribution is -2.16. The number of hydrazone groups is 1. The minimum absolute atomic E-state index is 0.00255. The summed E-state index contributed by atoms with van der Waals surface area (Å²) in [7, 11) is 0. The molecule has 4 rings (SSSR count). The van der Waals surface area contributed by atoms with E-state index in [4.69, 9.17) is 0 Å². The van der Waals surface area contributed by atoms with Gasteiger partial charge in [-0.1, -0.05) is 18.2 Å². The second kappa shape index (κ2) is 7.69. The molecule has 1 amide bonds. The number of carbonyl (C=O) groups excluding carboxylic acids is 1. The minimum atomic E-state index is -0.454. The average molecular weight is 404 g/mol. The van der Waals surface area contributed by atoms with Crippen molar-refractivity contribution in [1.82, 2.24) is 9.99 Å². The standard InChI is InChI=1S/C21H16N4O3S/c1-14-5-2-3-7-18(14)24-10-4-6-17(24)13-22-23-21(26)20-12-15-11-16(25(27)28)8-9-19(15)29-20/h2-13H,1H3,(H,23,26)/b22-13-. The molecular formula is C21H16N4O3S. The van der Waals surface area contributed by atoms with E-state index < -0.39 is 4.92 Å². The van der Waals surface area contributed by atoms with Gasteiger partial charge >= 0.3 is 0 Å². The molecule has 2 aromatic heterocycles. The van der Waals surface area contributed by atoms with E-state index in [9.17, 15) is 14.9 Å². The van der Waals surface area contributed by atoms with Crippen LogP contribution in [0.5, 0.6) is 0 Å². The fourth-order valence-corrected chi connectivity index (χ4v) is 3.95. The van der Waals surface area contributed by atoms with Gasteiger partial charge in [-0.25, -0.2) is 5.43 Å². The topological polar surface area (TPSA) is 89.5 Å². The number of nitro groups is 1. The van der Waals surface area contributed by atoms with E-state index in [0.29, 0.717) is 10.3 Å². The number of carbonyl (C=O) groups is 1. The van der Waals surface area contributed by atoms with Gasteiger partial charge in [-0.15, -0.1) is 11.3 Å². The summed E-state index contributed by atoms with van der Waals surface area (Å²) in [5, 5.41) is 15.6. The molecule has 7 nitrogen and oxygen atoms in total. The number of para-hydroxylation sites is 1. The number of aryl methyl sites for hydroxylation is 1. The lowest BCUT2D eigenvalue weighted by Gasteiger charge is -2.09. The normalized spacial score (nSPS) is 11.2. The number of hydrogen-bond donors (Lipinski definition) is 1. The number of thiophene rings is 1. The first kappa shape index (κ1) is 18.6. The SMILES string of the molecule is Cc1ccccc1-n1cccc1/C=N\NC(=O)c1cc2cc([N+](=O)[O-])ccc2s1. The van der Waals surface area contributed by atoms with Crippen LogP contribution in [-0.2, 0) is 0 Å². The zero-order valence-corrected chi connectivity index (χ0v) is 16.2. The molecule has 0 bridgehead atoms. The van der Waals surface area contributed by atoms with Crippen molar-refractivity contribution in [1.29, 1.82) is 0 Å². The highest BCUT2D eigenvalue weighted by Crippen LogP contribution is 2.28. The Morgan fingerprint density at radius 1 is 1.17 bits per heavy atom. The van der Waals surface area contributed by atoms with Crippen molar-refractivity contribution in [3.63, 3.8) is 0 Å². The lowest BCUT2D eigenvalue weighted by atomic mass is 10.2. The molecule has 1 N–H and O–H groups in total. The molecule has 0 aliphatic rings. The largest absolute Gasteiger partial charge is 0.315 e. The van der Waals surface area contributed by atoms with Crippen molar-refractivity contribution < 1.29 is 9.72 Å². The average Bonchev–Trinajstić information content (AvgIpc) is 3.34. The highest BCUT2D eigenvalue weighted by atomic mass is 32.1. The van der Waals surface area contributed by atoms with Crippen LogP contribution in [0.25, 0.3) is 15.8 Å². The van der Waals surface area contributed by atoms with Crippen molar-refractivity contribution in [2.45, 2.75) is 6.92 Å². The first-order chi connectivity index (χ1) is 14.0. The second-order valence-corrected chi connectivity index (χ2v) is 7.46. The molecule has 0 spiro atoms. The van der Waals surface area contributed by atoms with Gasteiger partial charge in [0, 0.05) is 34.1 Å². The summed E-state index contributed by atoms with van der Waals surface area (Å²) in [4.78, 5) is 23.3. The maximum absolute atomic E-state index is 12.4. The van der Waals surface area contributed by atoms with Gasteiger partial charge in [0.2, 0.25) is 0 Å². The Bertz CT molecular complexity index is 1260. The third-order valence-electron chi connectivity index (χ3n) is 4.45. The van der Waals surface area contributed by atoms with Gasteiger partial charge in [-0.2, -0.15) is 5.10 Å². The van der Waals surface area contributed by atoms with E-state index in [2.05, 4.69) is 10.5 Å². The number of fused-ring (bicyclic) bond motifs is 1. The molecule has 2 aromatic carbocycles. The van der Waals surface area contributed by atoms with Gasteiger partial charge in [-0.3, -0.25) is 14.9 Å². The van der Waals surface area contributed by atoms with Crippen molar-refractivity contribution in [2.24, 2.45) is 5.10 Å². The number of rotatable bonds is 5. The Balaban J connectivity index is 1.51. The van der Waals surface area contributed by atoms with Crippen LogP contribution in [0.4, 0.5) is 5.69 Å². The van der Waals surface area contributed by atoms with Crippen LogP contribution in [0.1, 0.15) is 20.9 Å². The molecule has 0 aliphatic heterocycles. The molecular weight excluding hydrogens is 388 g/mol. The smallest absolute Gasteiger partial charge is 0.281 e. The first-order valence-electron chi connectivity index (χ1n) is 8.78. The van der Waals surface area contributed by atoms with Crippen molar-refractivity contribution >= 4 is 39.2 Å². The summed E-state index contributed by atoms with van der Waals surface area (Å²) in [5.74, 6) is -0.362. The minimum Gasteiger partial charge on any atom is -0.315 e. The number of hydrogen-bond acceptors (Lipinski definition) is 5. The molecule has 0 atom stereocenters. The van der Waals surface area contributed by atoms with Crippen LogP contribution in [-0.4, -0.2) is 21.6 Å². The zero-order chi connectivity index (χ0) is 20.4. The molecule has 2 heterocycles. The van der Waals surface area contributed by atoms with E-state index >= 15 is 0 Å². The van der Waals surface area contributed by atoms with Crippen molar-refractivity contribution in [3.05, 3.63) is 93.1 Å². The molecule has 0 fully saturated rings. The molecule has 144 valence electrons. The summed E-state index contributed by atoms with van der Waals surface area (Å²) >= 11 is 1.26. The number of nitrogens with zero attached hydrogens (tertiary/aromatic N) is 3. The van der Waals surface area contributed by atoms with Crippen LogP contribution >= 0.6 is 11.3 Å². The molecule has 4 aromatic rings. The van der Waals surface area contributed by atoms with E-state index in [1.54, 1.807) is 18.3 Å². The van der Waals surface area contributed by atoms with E-state index in [0.717, 1.165) is 21.6 Å². The number of aromatic nitrogens is 1. The van der Waals surface area contributed by atoms with Crippen molar-refractivity contribution in [2.75, 3.05) is 0 Å². The second-order valence-electron chi connectivity index (χ2n) is 6.38. The summed E-state index contributed by atoms with van der Waals surface area (Å²) in [6.07, 6.45) is 3.52. The van der Waals surface area contributed by atoms with Crippen LogP contribution < -0.4 is 5.43 Å². The van der Waals surface area contributed by atoms with Gasteiger partial charge in [0.1, 0.15) is 0 Å². The predicted molar refractivity (Wildman–Crippen MR) is 114 cm³/mol. The Morgan fingerprint density at radius 3 is 2.79 bits per heavy atom. The number of amides is 1. The summed E-state index contributed by atoms with van der Waals surface area (Å²) < 4.78 is 2.79. The predicted octanol–water partition coefficient (Wildman–Crippen LogP) is 4.67. The Morgan fingerprint density at radius 2 is 2.00 bits per heavy atom. The highest BCUT2D eigenvalue weighted by Gasteiger charge is 2.13. The maximum Gasteiger partial charge on any atom is 0.281 e. The Kier molecular flexibility index (Phi) is 4.92. The van der Waals surface area contributed by atoms with E-state index in [1.807, 2.05) is 54.1 Å². The van der Waals surface area contributed by atoms with E-state index in [1.165, 1.54) is 23.5 Å². The summed E-state index contributed by atoms with van der Waals surface area (Å²) in [6, 6.07) is 18.0. The molecule has 0 saturated carbocycles. The number of nitro benzene ring substituents is 1. The maximum atomic E-state index is 12.4. The van der Waals surface area contributed by atoms with Gasteiger partial charge < -0.3 is 4.57 Å². The van der Waals surface area contributed by atoms with Crippen molar-refractivity contribution in [3.8, 4) is 5.69 Å². The van der Waals surface area contributed by atoms with E-state index in [-0.39, 0.29) is 11.6 Å². The lowest BCUT2D eigenvalue weighted by molar-refractivity contribution is -0.384. The van der Waals surface area contributed by atoms with Gasteiger partial charge in [-0.05, 0) is 42.8 Å². The molecule has 8 heteroatoms.